The highest BCUT2D eigenvalue weighted by molar-refractivity contribution is 7.89. The first-order valence-corrected chi connectivity index (χ1v) is 9.88. The van der Waals surface area contributed by atoms with Crippen LogP contribution >= 0.6 is 0 Å². The Morgan fingerprint density at radius 3 is 2.30 bits per heavy atom. The summed E-state index contributed by atoms with van der Waals surface area (Å²) >= 11 is 0. The van der Waals surface area contributed by atoms with E-state index in [1.807, 2.05) is 4.90 Å². The van der Waals surface area contributed by atoms with Crippen molar-refractivity contribution in [1.82, 2.24) is 14.1 Å². The molecule has 3 heterocycles. The number of carbonyl (C=O) groups excluding carboxylic acids is 2. The topological polar surface area (TPSA) is 78.0 Å². The number of hydrogen-bond donors (Lipinski definition) is 0. The van der Waals surface area contributed by atoms with E-state index in [9.17, 15) is 18.0 Å². The largest absolute Gasteiger partial charge is 0.342 e. The lowest BCUT2D eigenvalue weighted by Gasteiger charge is -2.43. The van der Waals surface area contributed by atoms with Crippen molar-refractivity contribution in [3.63, 3.8) is 0 Å². The first-order chi connectivity index (χ1) is 10.8. The van der Waals surface area contributed by atoms with Crippen LogP contribution in [-0.2, 0) is 19.6 Å². The molecule has 0 saturated carbocycles. The van der Waals surface area contributed by atoms with Crippen molar-refractivity contribution < 1.29 is 18.0 Å². The van der Waals surface area contributed by atoms with Crippen molar-refractivity contribution in [2.45, 2.75) is 44.4 Å². The fourth-order valence-corrected chi connectivity index (χ4v) is 4.92. The predicted molar refractivity (Wildman–Crippen MR) is 85.1 cm³/mol. The molecule has 0 aromatic rings. The molecule has 7 nitrogen and oxygen atoms in total. The van der Waals surface area contributed by atoms with Crippen LogP contribution in [0.5, 0.6) is 0 Å². The maximum Gasteiger partial charge on any atom is 0.227 e. The highest BCUT2D eigenvalue weighted by Gasteiger charge is 2.46. The fourth-order valence-electron chi connectivity index (χ4n) is 3.57. The van der Waals surface area contributed by atoms with Crippen molar-refractivity contribution in [3.8, 4) is 0 Å². The number of nitrogens with zero attached hydrogens (tertiary/aromatic N) is 3. The zero-order valence-corrected chi connectivity index (χ0v) is 14.6. The van der Waals surface area contributed by atoms with E-state index in [2.05, 4.69) is 0 Å². The van der Waals surface area contributed by atoms with E-state index in [4.69, 9.17) is 0 Å². The number of carbonyl (C=O) groups is 2. The zero-order chi connectivity index (χ0) is 16.8. The minimum absolute atomic E-state index is 0.0193. The third kappa shape index (κ3) is 2.98. The molecule has 2 amide bonds. The quantitative estimate of drug-likeness (QED) is 0.713. The Balaban J connectivity index is 1.57. The summed E-state index contributed by atoms with van der Waals surface area (Å²) in [7, 11) is -3.24. The van der Waals surface area contributed by atoms with Gasteiger partial charge in [0.1, 0.15) is 0 Å². The molecule has 0 aromatic carbocycles. The average Bonchev–Trinajstić information content (AvgIpc) is 3.06. The number of likely N-dealkylation sites (tertiary alicyclic amines) is 2. The molecule has 0 bridgehead atoms. The predicted octanol–water partition coefficient (Wildman–Crippen LogP) is -0.120. The molecule has 0 spiro atoms. The zero-order valence-electron chi connectivity index (χ0n) is 13.8. The molecule has 1 atom stereocenters. The molecular formula is C15H25N3O4S. The van der Waals surface area contributed by atoms with Gasteiger partial charge in [-0.15, -0.1) is 0 Å². The van der Waals surface area contributed by atoms with E-state index in [0.29, 0.717) is 19.6 Å². The van der Waals surface area contributed by atoms with E-state index in [-0.39, 0.29) is 30.2 Å². The molecular weight excluding hydrogens is 318 g/mol. The van der Waals surface area contributed by atoms with Gasteiger partial charge in [0.15, 0.2) is 0 Å². The third-order valence-electron chi connectivity index (χ3n) is 5.15. The number of hydrogen-bond acceptors (Lipinski definition) is 4. The summed E-state index contributed by atoms with van der Waals surface area (Å²) in [5, 5.41) is -0.442. The van der Waals surface area contributed by atoms with Gasteiger partial charge in [-0.3, -0.25) is 9.59 Å². The Hall–Kier alpha value is -1.15. The van der Waals surface area contributed by atoms with Crippen molar-refractivity contribution in [2.75, 3.05) is 32.7 Å². The summed E-state index contributed by atoms with van der Waals surface area (Å²) in [6.45, 7) is 6.08. The normalized spacial score (nSPS) is 27.1. The molecule has 8 heteroatoms. The molecule has 3 fully saturated rings. The summed E-state index contributed by atoms with van der Waals surface area (Å²) in [4.78, 5) is 28.2. The Morgan fingerprint density at radius 1 is 1.13 bits per heavy atom. The molecule has 0 aromatic heterocycles. The standard InChI is InChI=1S/C15H25N3O4S/c1-11(2)23(21,22)17-9-13(10-17)18-8-12(7-14(18)19)15(20)16-5-3-4-6-16/h11-13H,3-10H2,1-2H3. The van der Waals surface area contributed by atoms with Gasteiger partial charge in [-0.05, 0) is 26.7 Å². The third-order valence-corrected chi connectivity index (χ3v) is 7.36. The van der Waals surface area contributed by atoms with Crippen molar-refractivity contribution >= 4 is 21.8 Å². The van der Waals surface area contributed by atoms with Crippen molar-refractivity contribution in [3.05, 3.63) is 0 Å². The molecule has 130 valence electrons. The summed E-state index contributed by atoms with van der Waals surface area (Å²) in [6, 6.07) is -0.0765. The molecule has 1 unspecified atom stereocenters. The van der Waals surface area contributed by atoms with E-state index in [1.54, 1.807) is 18.7 Å². The molecule has 3 rings (SSSR count). The van der Waals surface area contributed by atoms with Gasteiger partial charge in [0.05, 0.1) is 17.2 Å². The molecule has 0 N–H and O–H groups in total. The molecule has 3 aliphatic heterocycles. The highest BCUT2D eigenvalue weighted by atomic mass is 32.2. The van der Waals surface area contributed by atoms with Crippen LogP contribution < -0.4 is 0 Å². The molecule has 0 aliphatic carbocycles. The molecule has 0 radical (unpaired) electrons. The van der Waals surface area contributed by atoms with E-state index >= 15 is 0 Å². The van der Waals surface area contributed by atoms with Crippen LogP contribution in [0.15, 0.2) is 0 Å². The lowest BCUT2D eigenvalue weighted by Crippen LogP contribution is -2.62. The van der Waals surface area contributed by atoms with Gasteiger partial charge in [0.2, 0.25) is 21.8 Å². The van der Waals surface area contributed by atoms with Gasteiger partial charge in [0.25, 0.3) is 0 Å². The van der Waals surface area contributed by atoms with Crippen molar-refractivity contribution in [2.24, 2.45) is 5.92 Å². The lowest BCUT2D eigenvalue weighted by molar-refractivity contribution is -0.135. The number of amides is 2. The van der Waals surface area contributed by atoms with Crippen molar-refractivity contribution in [1.29, 1.82) is 0 Å². The van der Waals surface area contributed by atoms with E-state index in [0.717, 1.165) is 25.9 Å². The van der Waals surface area contributed by atoms with Crippen LogP contribution in [0, 0.1) is 5.92 Å². The molecule has 3 saturated heterocycles. The second-order valence-electron chi connectivity index (χ2n) is 7.04. The number of sulfonamides is 1. The first kappa shape index (κ1) is 16.7. The lowest BCUT2D eigenvalue weighted by atomic mass is 10.1. The van der Waals surface area contributed by atoms with Crippen LogP contribution in [-0.4, -0.2) is 78.4 Å². The second-order valence-corrected chi connectivity index (χ2v) is 9.53. The first-order valence-electron chi connectivity index (χ1n) is 8.38. The number of rotatable bonds is 4. The summed E-state index contributed by atoms with van der Waals surface area (Å²) < 4.78 is 25.6. The van der Waals surface area contributed by atoms with Gasteiger partial charge in [-0.1, -0.05) is 0 Å². The molecule has 23 heavy (non-hydrogen) atoms. The Bertz CT molecular complexity index is 592. The van der Waals surface area contributed by atoms with Gasteiger partial charge in [0, 0.05) is 39.1 Å². The van der Waals surface area contributed by atoms with E-state index < -0.39 is 15.3 Å². The monoisotopic (exact) mass is 343 g/mol. The van der Waals surface area contributed by atoms with Gasteiger partial charge in [-0.25, -0.2) is 8.42 Å². The maximum atomic E-state index is 12.4. The van der Waals surface area contributed by atoms with Crippen LogP contribution in [0.2, 0.25) is 0 Å². The average molecular weight is 343 g/mol. The molecule has 3 aliphatic rings. The van der Waals surface area contributed by atoms with Gasteiger partial charge in [-0.2, -0.15) is 4.31 Å². The van der Waals surface area contributed by atoms with Gasteiger partial charge < -0.3 is 9.80 Å². The SMILES string of the molecule is CC(C)S(=O)(=O)N1CC(N2CC(C(=O)N3CCCC3)CC2=O)C1. The van der Waals surface area contributed by atoms with Crippen LogP contribution in [0.4, 0.5) is 0 Å². The Labute approximate surface area is 137 Å². The Kier molecular flexibility index (Phi) is 4.39. The maximum absolute atomic E-state index is 12.4. The highest BCUT2D eigenvalue weighted by Crippen LogP contribution is 2.29. The summed E-state index contributed by atoms with van der Waals surface area (Å²) in [5.74, 6) is -0.185. The smallest absolute Gasteiger partial charge is 0.227 e. The van der Waals surface area contributed by atoms with Crippen LogP contribution in [0.3, 0.4) is 0 Å². The summed E-state index contributed by atoms with van der Waals surface area (Å²) in [6.07, 6.45) is 2.35. The Morgan fingerprint density at radius 2 is 1.74 bits per heavy atom. The minimum atomic E-state index is -3.24. The summed E-state index contributed by atoms with van der Waals surface area (Å²) in [5.41, 5.74) is 0. The van der Waals surface area contributed by atoms with Crippen LogP contribution in [0.1, 0.15) is 33.1 Å². The van der Waals surface area contributed by atoms with Gasteiger partial charge >= 0.3 is 0 Å². The fraction of sp³-hybridized carbons (Fsp3) is 0.867. The van der Waals surface area contributed by atoms with Crippen LogP contribution in [0.25, 0.3) is 0 Å². The second kappa shape index (κ2) is 6.05. The minimum Gasteiger partial charge on any atom is -0.342 e. The van der Waals surface area contributed by atoms with E-state index in [1.165, 1.54) is 4.31 Å².